The molecule has 0 fully saturated rings. The lowest BCUT2D eigenvalue weighted by molar-refractivity contribution is -0.131. The summed E-state index contributed by atoms with van der Waals surface area (Å²) < 4.78 is 24.0. The number of benzene rings is 2. The summed E-state index contributed by atoms with van der Waals surface area (Å²) in [6.45, 7) is 3.43. The minimum atomic E-state index is -1.88. The van der Waals surface area contributed by atoms with E-state index in [1.54, 1.807) is 62.4 Å². The molecule has 3 atom stereocenters. The Morgan fingerprint density at radius 3 is 1.86 bits per heavy atom. The average molecular weight is 594 g/mol. The molecule has 0 radical (unpaired) electrons. The summed E-state index contributed by atoms with van der Waals surface area (Å²) in [7, 11) is 1.17. The number of rotatable bonds is 14. The summed E-state index contributed by atoms with van der Waals surface area (Å²) in [5.41, 5.74) is 1.18. The van der Waals surface area contributed by atoms with Gasteiger partial charge in [0.25, 0.3) is 5.91 Å². The number of methoxy groups -OCH3 is 2. The molecular weight excluding hydrogens is 558 g/mol. The maximum Gasteiger partial charge on any atom is 0.475 e. The van der Waals surface area contributed by atoms with Crippen LogP contribution in [0.1, 0.15) is 35.5 Å². The number of pyridine rings is 1. The van der Waals surface area contributed by atoms with E-state index in [1.807, 2.05) is 0 Å². The van der Waals surface area contributed by atoms with Crippen LogP contribution in [0.25, 0.3) is 0 Å². The number of nitrogens with zero attached hydrogens (tertiary/aromatic N) is 1. The van der Waals surface area contributed by atoms with Crippen LogP contribution in [0, 0.1) is 11.9 Å². The molecular formula is C30H36BFN4O7. The first-order chi connectivity index (χ1) is 20.5. The van der Waals surface area contributed by atoms with Gasteiger partial charge in [0.05, 0.1) is 20.2 Å². The maximum absolute atomic E-state index is 13.7. The van der Waals surface area contributed by atoms with E-state index in [1.165, 1.54) is 26.4 Å². The van der Waals surface area contributed by atoms with E-state index in [9.17, 15) is 28.8 Å². The van der Waals surface area contributed by atoms with Crippen molar-refractivity contribution in [2.24, 2.45) is 5.92 Å². The third-order valence-electron chi connectivity index (χ3n) is 6.72. The van der Waals surface area contributed by atoms with Crippen LogP contribution < -0.4 is 25.4 Å². The Hall–Kier alpha value is -4.49. The highest BCUT2D eigenvalue weighted by atomic mass is 19.1. The largest absolute Gasteiger partial charge is 0.497 e. The van der Waals surface area contributed by atoms with Crippen LogP contribution in [-0.4, -0.2) is 72.1 Å². The van der Waals surface area contributed by atoms with Crippen molar-refractivity contribution < 1.29 is 38.3 Å². The van der Waals surface area contributed by atoms with Crippen LogP contribution >= 0.6 is 0 Å². The molecule has 3 aromatic rings. The topological polar surface area (TPSA) is 159 Å². The van der Waals surface area contributed by atoms with Gasteiger partial charge in [0.15, 0.2) is 0 Å². The normalized spacial score (nSPS) is 12.9. The van der Waals surface area contributed by atoms with Crippen molar-refractivity contribution in [3.63, 3.8) is 0 Å². The van der Waals surface area contributed by atoms with Gasteiger partial charge in [0, 0.05) is 6.42 Å². The number of aromatic nitrogens is 1. The minimum absolute atomic E-state index is 0.0404. The zero-order chi connectivity index (χ0) is 31.5. The van der Waals surface area contributed by atoms with E-state index in [0.717, 1.165) is 11.6 Å². The molecule has 0 saturated heterocycles. The molecule has 0 aliphatic heterocycles. The van der Waals surface area contributed by atoms with Crippen molar-refractivity contribution in [1.82, 2.24) is 20.9 Å². The highest BCUT2D eigenvalue weighted by molar-refractivity contribution is 6.43. The molecule has 0 aliphatic carbocycles. The van der Waals surface area contributed by atoms with E-state index in [0.29, 0.717) is 17.1 Å². The zero-order valence-electron chi connectivity index (χ0n) is 24.4. The Morgan fingerprint density at radius 1 is 0.814 bits per heavy atom. The average Bonchev–Trinajstić information content (AvgIpc) is 2.99. The second-order valence-corrected chi connectivity index (χ2v) is 10.2. The van der Waals surface area contributed by atoms with Crippen LogP contribution in [-0.2, 0) is 22.4 Å². The number of nitrogens with one attached hydrogen (secondary N) is 3. The molecule has 228 valence electrons. The van der Waals surface area contributed by atoms with Gasteiger partial charge in [-0.2, -0.15) is 4.39 Å². The molecule has 0 saturated carbocycles. The number of hydrogen-bond donors (Lipinski definition) is 5. The van der Waals surface area contributed by atoms with Gasteiger partial charge in [-0.25, -0.2) is 4.98 Å². The fourth-order valence-electron chi connectivity index (χ4n) is 4.28. The first kappa shape index (κ1) is 33.0. The molecule has 0 unspecified atom stereocenters. The monoisotopic (exact) mass is 594 g/mol. The zero-order valence-corrected chi connectivity index (χ0v) is 24.4. The van der Waals surface area contributed by atoms with Crippen LogP contribution in [0.5, 0.6) is 11.5 Å². The summed E-state index contributed by atoms with van der Waals surface area (Å²) in [6.07, 6.45) is 0.141. The number of carbonyl (C=O) groups is 3. The first-order valence-corrected chi connectivity index (χ1v) is 13.7. The molecule has 11 nitrogen and oxygen atoms in total. The molecule has 0 spiro atoms. The van der Waals surface area contributed by atoms with Crippen molar-refractivity contribution >= 4 is 24.8 Å². The Bertz CT molecular complexity index is 1370. The lowest BCUT2D eigenvalue weighted by Crippen LogP contribution is -2.59. The number of amides is 3. The Labute approximate surface area is 250 Å². The van der Waals surface area contributed by atoms with Crippen molar-refractivity contribution in [2.45, 2.75) is 44.7 Å². The van der Waals surface area contributed by atoms with Crippen molar-refractivity contribution in [2.75, 3.05) is 14.2 Å². The second-order valence-electron chi connectivity index (χ2n) is 10.2. The summed E-state index contributed by atoms with van der Waals surface area (Å²) in [4.78, 5) is 43.4. The molecule has 3 amide bonds. The van der Waals surface area contributed by atoms with Crippen LogP contribution in [0.2, 0.25) is 0 Å². The summed E-state index contributed by atoms with van der Waals surface area (Å²) in [5.74, 6) is -3.21. The maximum atomic E-state index is 13.7. The first-order valence-electron chi connectivity index (χ1n) is 13.7. The summed E-state index contributed by atoms with van der Waals surface area (Å²) in [6, 6.07) is 15.2. The molecule has 0 bridgehead atoms. The van der Waals surface area contributed by atoms with E-state index in [4.69, 9.17) is 9.47 Å². The lowest BCUT2D eigenvalue weighted by atomic mass is 9.75. The van der Waals surface area contributed by atoms with E-state index in [-0.39, 0.29) is 18.5 Å². The predicted octanol–water partition coefficient (Wildman–Crippen LogP) is 1.46. The fourth-order valence-corrected chi connectivity index (χ4v) is 4.28. The number of carbonyl (C=O) groups excluding carboxylic acids is 3. The quantitative estimate of drug-likeness (QED) is 0.139. The van der Waals surface area contributed by atoms with Gasteiger partial charge >= 0.3 is 7.12 Å². The third-order valence-corrected chi connectivity index (χ3v) is 6.72. The Balaban J connectivity index is 1.78. The number of halogens is 1. The SMILES string of the molecule is COc1ccc(C[C@H](NC(=O)[C@@H](NC(=O)[C@H](Cc2ccc(OC)cc2)NC(=O)c2cccc(F)n2)C(C)C)B(O)O)cc1. The van der Waals surface area contributed by atoms with Gasteiger partial charge < -0.3 is 35.5 Å². The van der Waals surface area contributed by atoms with Gasteiger partial charge in [-0.1, -0.05) is 44.2 Å². The van der Waals surface area contributed by atoms with Crippen molar-refractivity contribution in [1.29, 1.82) is 0 Å². The molecule has 0 aliphatic rings. The minimum Gasteiger partial charge on any atom is -0.497 e. The van der Waals surface area contributed by atoms with Crippen LogP contribution in [0.4, 0.5) is 4.39 Å². The van der Waals surface area contributed by atoms with Gasteiger partial charge in [0.1, 0.15) is 29.3 Å². The van der Waals surface area contributed by atoms with Gasteiger partial charge in [-0.3, -0.25) is 14.4 Å². The van der Waals surface area contributed by atoms with Crippen LogP contribution in [0.3, 0.4) is 0 Å². The lowest BCUT2D eigenvalue weighted by Gasteiger charge is -2.27. The third kappa shape index (κ3) is 9.79. The summed E-state index contributed by atoms with van der Waals surface area (Å²) >= 11 is 0. The molecule has 43 heavy (non-hydrogen) atoms. The van der Waals surface area contributed by atoms with Crippen molar-refractivity contribution in [3.8, 4) is 11.5 Å². The van der Waals surface area contributed by atoms with E-state index >= 15 is 0 Å². The summed E-state index contributed by atoms with van der Waals surface area (Å²) in [5, 5.41) is 27.9. The number of ether oxygens (including phenoxy) is 2. The second kappa shape index (κ2) is 15.7. The molecule has 5 N–H and O–H groups in total. The van der Waals surface area contributed by atoms with E-state index < -0.39 is 54.7 Å². The standard InChI is InChI=1S/C30H36BFN4O7/c1-18(2)27(30(39)35-25(31(40)41)17-20-10-14-22(43-4)15-11-20)36-29(38)24(16-19-8-12-21(42-3)13-9-19)34-28(37)23-6-5-7-26(32)33-23/h5-15,18,24-25,27,40-41H,16-17H2,1-4H3,(H,34,37)(H,35,39)(H,36,38)/t24-,25-,27-/m0/s1. The molecule has 1 heterocycles. The van der Waals surface area contributed by atoms with Crippen molar-refractivity contribution in [3.05, 3.63) is 89.5 Å². The van der Waals surface area contributed by atoms with Gasteiger partial charge in [-0.05, 0) is 59.9 Å². The van der Waals surface area contributed by atoms with Gasteiger partial charge in [0.2, 0.25) is 17.8 Å². The Morgan fingerprint density at radius 2 is 1.37 bits per heavy atom. The smallest absolute Gasteiger partial charge is 0.475 e. The Kier molecular flexibility index (Phi) is 12.0. The molecule has 3 rings (SSSR count). The highest BCUT2D eigenvalue weighted by Gasteiger charge is 2.33. The molecule has 2 aromatic carbocycles. The number of hydrogen-bond acceptors (Lipinski definition) is 8. The van der Waals surface area contributed by atoms with E-state index in [2.05, 4.69) is 20.9 Å². The fraction of sp³-hybridized carbons (Fsp3) is 0.333. The van der Waals surface area contributed by atoms with Gasteiger partial charge in [-0.15, -0.1) is 0 Å². The predicted molar refractivity (Wildman–Crippen MR) is 158 cm³/mol. The molecule has 13 heteroatoms. The molecule has 1 aromatic heterocycles. The highest BCUT2D eigenvalue weighted by Crippen LogP contribution is 2.15. The van der Waals surface area contributed by atoms with Crippen LogP contribution in [0.15, 0.2) is 66.7 Å².